The molecule has 0 bridgehead atoms. The Morgan fingerprint density at radius 3 is 2.41 bits per heavy atom. The molecule has 4 rings (SSSR count). The molecule has 0 aliphatic heterocycles. The van der Waals surface area contributed by atoms with Crippen LogP contribution in [0, 0.1) is 6.92 Å². The lowest BCUT2D eigenvalue weighted by Gasteiger charge is -2.25. The normalized spacial score (nSPS) is 12.4. The van der Waals surface area contributed by atoms with E-state index in [4.69, 9.17) is 14.0 Å². The number of carbonyl (C=O) groups is 1. The summed E-state index contributed by atoms with van der Waals surface area (Å²) in [5, 5.41) is 9.77. The van der Waals surface area contributed by atoms with Gasteiger partial charge in [0, 0.05) is 17.6 Å². The molecule has 0 N–H and O–H groups in total. The van der Waals surface area contributed by atoms with Crippen LogP contribution in [0.15, 0.2) is 47.1 Å². The van der Waals surface area contributed by atoms with Crippen LogP contribution in [-0.4, -0.2) is 33.1 Å². The van der Waals surface area contributed by atoms with Gasteiger partial charge in [0.05, 0.1) is 29.2 Å². The van der Waals surface area contributed by atoms with Gasteiger partial charge in [0.25, 0.3) is 0 Å². The molecular weight excluding hydrogens is 511 g/mol. The number of aryl methyl sites for hydroxylation is 3. The molecule has 2 aromatic carbocycles. The molecule has 0 amide bonds. The number of hydrogen-bond acceptors (Lipinski definition) is 6. The second-order valence-electron chi connectivity index (χ2n) is 10.3. The van der Waals surface area contributed by atoms with Crippen LogP contribution in [0.2, 0.25) is 0 Å². The molecule has 208 valence electrons. The molecule has 0 saturated heterocycles. The van der Waals surface area contributed by atoms with Crippen LogP contribution in [0.5, 0.6) is 5.75 Å². The zero-order valence-electron chi connectivity index (χ0n) is 22.8. The van der Waals surface area contributed by atoms with Gasteiger partial charge in [-0.15, -0.1) is 0 Å². The van der Waals surface area contributed by atoms with E-state index in [2.05, 4.69) is 10.3 Å². The Balaban J connectivity index is 1.55. The van der Waals surface area contributed by atoms with E-state index in [1.807, 2.05) is 33.0 Å². The number of aromatic nitrogens is 3. The van der Waals surface area contributed by atoms with E-state index in [1.54, 1.807) is 31.5 Å². The number of alkyl halides is 3. The van der Waals surface area contributed by atoms with Crippen molar-refractivity contribution < 1.29 is 32.0 Å². The number of nitrogens with zero attached hydrogens (tertiary/aromatic N) is 3. The Morgan fingerprint density at radius 1 is 1.10 bits per heavy atom. The molecule has 0 unspecified atom stereocenters. The summed E-state index contributed by atoms with van der Waals surface area (Å²) in [6.45, 7) is 11.2. The number of halogens is 3. The summed E-state index contributed by atoms with van der Waals surface area (Å²) in [4.78, 5) is 12.3. The Hall–Kier alpha value is -3.82. The summed E-state index contributed by atoms with van der Waals surface area (Å²) in [5.74, 6) is 0.165. The minimum atomic E-state index is -4.39. The zero-order valence-corrected chi connectivity index (χ0v) is 22.8. The van der Waals surface area contributed by atoms with E-state index in [0.29, 0.717) is 29.9 Å². The van der Waals surface area contributed by atoms with Gasteiger partial charge in [0.15, 0.2) is 11.2 Å². The maximum Gasteiger partial charge on any atom is 0.416 e. The highest BCUT2D eigenvalue weighted by Crippen LogP contribution is 2.32. The van der Waals surface area contributed by atoms with Crippen molar-refractivity contribution in [1.82, 2.24) is 14.9 Å². The third-order valence-electron chi connectivity index (χ3n) is 6.43. The maximum absolute atomic E-state index is 13.0. The SMILES string of the molecule is CCOC(=O)C(C)(C)Oc1cc2onc(CCc3cn(-c4ccc(C(F)(F)F)cc4)nc3C(C)C)c2cc1C. The molecule has 2 aromatic heterocycles. The Kier molecular flexibility index (Phi) is 7.77. The van der Waals surface area contributed by atoms with Crippen molar-refractivity contribution in [3.05, 3.63) is 70.7 Å². The van der Waals surface area contributed by atoms with E-state index in [-0.39, 0.29) is 12.5 Å². The van der Waals surface area contributed by atoms with E-state index in [9.17, 15) is 18.0 Å². The fraction of sp³-hybridized carbons (Fsp3) is 0.414. The first-order valence-corrected chi connectivity index (χ1v) is 12.8. The monoisotopic (exact) mass is 543 g/mol. The van der Waals surface area contributed by atoms with Gasteiger partial charge in [-0.05, 0) is 87.9 Å². The van der Waals surface area contributed by atoms with Crippen molar-refractivity contribution in [1.29, 1.82) is 0 Å². The van der Waals surface area contributed by atoms with Gasteiger partial charge < -0.3 is 14.0 Å². The van der Waals surface area contributed by atoms with Crippen LogP contribution in [0.1, 0.15) is 68.6 Å². The van der Waals surface area contributed by atoms with Gasteiger partial charge in [-0.2, -0.15) is 18.3 Å². The van der Waals surface area contributed by atoms with Crippen molar-refractivity contribution in [2.45, 2.75) is 72.1 Å². The topological polar surface area (TPSA) is 79.4 Å². The van der Waals surface area contributed by atoms with E-state index >= 15 is 0 Å². The summed E-state index contributed by atoms with van der Waals surface area (Å²) in [6, 6.07) is 8.60. The van der Waals surface area contributed by atoms with E-state index in [0.717, 1.165) is 40.0 Å². The number of carbonyl (C=O) groups excluding carboxylic acids is 1. The largest absolute Gasteiger partial charge is 0.476 e. The molecule has 4 aromatic rings. The molecule has 2 heterocycles. The second kappa shape index (κ2) is 10.7. The highest BCUT2D eigenvalue weighted by Gasteiger charge is 2.32. The highest BCUT2D eigenvalue weighted by atomic mass is 19.4. The molecule has 0 spiro atoms. The molecule has 39 heavy (non-hydrogen) atoms. The first-order chi connectivity index (χ1) is 18.3. The van der Waals surface area contributed by atoms with Crippen LogP contribution in [0.25, 0.3) is 16.7 Å². The predicted octanol–water partition coefficient (Wildman–Crippen LogP) is 6.97. The molecule has 10 heteroatoms. The summed E-state index contributed by atoms with van der Waals surface area (Å²) >= 11 is 0. The lowest BCUT2D eigenvalue weighted by Crippen LogP contribution is -2.39. The highest BCUT2D eigenvalue weighted by molar-refractivity contribution is 5.83. The third-order valence-corrected chi connectivity index (χ3v) is 6.43. The number of esters is 1. The number of fused-ring (bicyclic) bond motifs is 1. The van der Waals surface area contributed by atoms with Crippen LogP contribution in [0.3, 0.4) is 0 Å². The first-order valence-electron chi connectivity index (χ1n) is 12.8. The second-order valence-corrected chi connectivity index (χ2v) is 10.3. The van der Waals surface area contributed by atoms with Crippen molar-refractivity contribution in [3.8, 4) is 11.4 Å². The van der Waals surface area contributed by atoms with Crippen LogP contribution in [-0.2, 0) is 28.5 Å². The Labute approximate surface area is 224 Å². The maximum atomic E-state index is 13.0. The summed E-state index contributed by atoms with van der Waals surface area (Å²) < 4.78 is 57.2. The Morgan fingerprint density at radius 2 is 1.79 bits per heavy atom. The lowest BCUT2D eigenvalue weighted by molar-refractivity contribution is -0.158. The average Bonchev–Trinajstić information content (AvgIpc) is 3.46. The lowest BCUT2D eigenvalue weighted by atomic mass is 10.0. The van der Waals surface area contributed by atoms with Crippen LogP contribution in [0.4, 0.5) is 13.2 Å². The number of ether oxygens (including phenoxy) is 2. The number of hydrogen-bond donors (Lipinski definition) is 0. The van der Waals surface area contributed by atoms with Crippen molar-refractivity contribution in [3.63, 3.8) is 0 Å². The van der Waals surface area contributed by atoms with Gasteiger partial charge in [-0.25, -0.2) is 9.48 Å². The van der Waals surface area contributed by atoms with Crippen LogP contribution < -0.4 is 4.74 Å². The molecule has 0 aliphatic rings. The third kappa shape index (κ3) is 6.10. The molecule has 0 saturated carbocycles. The van der Waals surface area contributed by atoms with Gasteiger partial charge >= 0.3 is 12.1 Å². The number of rotatable bonds is 9. The van der Waals surface area contributed by atoms with E-state index < -0.39 is 23.3 Å². The van der Waals surface area contributed by atoms with Crippen molar-refractivity contribution in [2.24, 2.45) is 0 Å². The fourth-order valence-corrected chi connectivity index (χ4v) is 4.33. The van der Waals surface area contributed by atoms with Crippen LogP contribution >= 0.6 is 0 Å². The van der Waals surface area contributed by atoms with Crippen molar-refractivity contribution >= 4 is 16.9 Å². The predicted molar refractivity (Wildman–Crippen MR) is 140 cm³/mol. The van der Waals surface area contributed by atoms with E-state index in [1.165, 1.54) is 12.1 Å². The quantitative estimate of drug-likeness (QED) is 0.212. The fourth-order valence-electron chi connectivity index (χ4n) is 4.33. The zero-order chi connectivity index (χ0) is 28.5. The molecule has 0 atom stereocenters. The molecule has 0 radical (unpaired) electrons. The minimum absolute atomic E-state index is 0.120. The summed E-state index contributed by atoms with van der Waals surface area (Å²) in [5.41, 5.74) is 2.66. The molecule has 0 fully saturated rings. The summed E-state index contributed by atoms with van der Waals surface area (Å²) in [7, 11) is 0. The molecule has 7 nitrogen and oxygen atoms in total. The van der Waals surface area contributed by atoms with Gasteiger partial charge in [-0.1, -0.05) is 19.0 Å². The van der Waals surface area contributed by atoms with Gasteiger partial charge in [0.1, 0.15) is 5.75 Å². The summed E-state index contributed by atoms with van der Waals surface area (Å²) in [6.07, 6.45) is -1.35. The minimum Gasteiger partial charge on any atom is -0.476 e. The average molecular weight is 544 g/mol. The Bertz CT molecular complexity index is 1470. The molecular formula is C29H32F3N3O4. The van der Waals surface area contributed by atoms with Gasteiger partial charge in [0.2, 0.25) is 0 Å². The number of benzene rings is 2. The van der Waals surface area contributed by atoms with Gasteiger partial charge in [-0.3, -0.25) is 0 Å². The smallest absolute Gasteiger partial charge is 0.416 e. The standard InChI is InChI=1S/C29H32F3N3O4/c1-7-37-27(36)28(5,6)38-24-15-25-22(14-18(24)4)23(34-39-25)13-8-19-16-35(33-26(19)17(2)3)21-11-9-20(10-12-21)29(30,31)32/h9-12,14-17H,7-8,13H2,1-6H3. The molecule has 0 aliphatic carbocycles. The van der Waals surface area contributed by atoms with Crippen molar-refractivity contribution in [2.75, 3.05) is 6.61 Å². The first kappa shape index (κ1) is 28.2.